The summed E-state index contributed by atoms with van der Waals surface area (Å²) in [6, 6.07) is 8.80. The topological polar surface area (TPSA) is 96.2 Å². The molecule has 1 aromatic carbocycles. The van der Waals surface area contributed by atoms with E-state index in [1.807, 2.05) is 59.1 Å². The van der Waals surface area contributed by atoms with Crippen LogP contribution in [-0.4, -0.2) is 58.4 Å². The highest BCUT2D eigenvalue weighted by molar-refractivity contribution is 5.74. The van der Waals surface area contributed by atoms with Crippen molar-refractivity contribution >= 4 is 12.6 Å². The summed E-state index contributed by atoms with van der Waals surface area (Å²) in [7, 11) is 3.92. The molecule has 10 atom stereocenters. The third-order valence-electron chi connectivity index (χ3n) is 15.3. The van der Waals surface area contributed by atoms with Crippen LogP contribution in [0.5, 0.6) is 0 Å². The van der Waals surface area contributed by atoms with Crippen LogP contribution >= 0.6 is 0 Å². The molecule has 1 aliphatic heterocycles. The Bertz CT molecular complexity index is 1260. The molecule has 7 rings (SSSR count). The summed E-state index contributed by atoms with van der Waals surface area (Å²) in [4.78, 5) is 22.5. The van der Waals surface area contributed by atoms with Gasteiger partial charge in [0.2, 0.25) is 0 Å². The van der Waals surface area contributed by atoms with E-state index in [1.54, 1.807) is 6.08 Å². The van der Waals surface area contributed by atoms with E-state index in [1.165, 1.54) is 102 Å². The van der Waals surface area contributed by atoms with Crippen LogP contribution in [0.3, 0.4) is 0 Å². The molecule has 0 spiro atoms. The second-order valence-corrected chi connectivity index (χ2v) is 18.3. The van der Waals surface area contributed by atoms with Gasteiger partial charge in [-0.25, -0.2) is 0 Å². The number of hydrogen-bond acceptors (Lipinski definition) is 6. The van der Waals surface area contributed by atoms with Gasteiger partial charge in [-0.3, -0.25) is 4.79 Å². The van der Waals surface area contributed by atoms with E-state index in [2.05, 4.69) is 50.2 Å². The Hall–Kier alpha value is -1.86. The van der Waals surface area contributed by atoms with Gasteiger partial charge in [0.1, 0.15) is 12.6 Å². The molecule has 0 bridgehead atoms. The lowest BCUT2D eigenvalue weighted by molar-refractivity contribution is -0.197. The van der Waals surface area contributed by atoms with Crippen molar-refractivity contribution in [2.45, 2.75) is 150 Å². The minimum atomic E-state index is 0.0606. The minimum absolute atomic E-state index is 0.0606. The van der Waals surface area contributed by atoms with Gasteiger partial charge in [-0.1, -0.05) is 72.2 Å². The third kappa shape index (κ3) is 10.1. The van der Waals surface area contributed by atoms with Crippen LogP contribution < -0.4 is 21.7 Å². The summed E-state index contributed by atoms with van der Waals surface area (Å²) >= 11 is 0. The molecule has 302 valence electrons. The smallest absolute Gasteiger partial charge is 0.150 e. The molecule has 5 aliphatic carbocycles. The molecule has 6 nitrogen and oxygen atoms in total. The lowest BCUT2D eigenvalue weighted by Gasteiger charge is -2.69. The SMILES string of the molecule is C=CC.CC.CC1(C)C(N)CCC2(C)C1CCC1(C)C3CCC4(C=O)CCCC4C3CCC12.CNCC1CCCN1.CNCCc1cccc(C=O)c1. The molecule has 6 heteroatoms. The van der Waals surface area contributed by atoms with Gasteiger partial charge in [0, 0.05) is 29.6 Å². The van der Waals surface area contributed by atoms with Crippen molar-refractivity contribution in [3.8, 4) is 0 Å². The van der Waals surface area contributed by atoms with Crippen molar-refractivity contribution in [3.05, 3.63) is 48.0 Å². The Balaban J connectivity index is 0.000000249. The van der Waals surface area contributed by atoms with E-state index in [9.17, 15) is 9.59 Å². The number of aldehydes is 2. The zero-order chi connectivity index (χ0) is 39.3. The second-order valence-electron chi connectivity index (χ2n) is 18.3. The van der Waals surface area contributed by atoms with Crippen molar-refractivity contribution in [2.75, 3.05) is 33.7 Å². The summed E-state index contributed by atoms with van der Waals surface area (Å²) in [5.74, 6) is 4.02. The molecular formula is C47H82N4O2. The lowest BCUT2D eigenvalue weighted by Crippen LogP contribution is -2.64. The fourth-order valence-corrected chi connectivity index (χ4v) is 12.8. The molecule has 5 N–H and O–H groups in total. The Kier molecular flexibility index (Phi) is 17.9. The van der Waals surface area contributed by atoms with E-state index in [0.29, 0.717) is 22.8 Å². The molecule has 0 radical (unpaired) electrons. The highest BCUT2D eigenvalue weighted by Crippen LogP contribution is 2.72. The lowest BCUT2D eigenvalue weighted by atomic mass is 9.36. The first-order valence-corrected chi connectivity index (χ1v) is 21.8. The average Bonchev–Trinajstić information content (AvgIpc) is 3.85. The Labute approximate surface area is 326 Å². The summed E-state index contributed by atoms with van der Waals surface area (Å²) in [6.45, 7) is 22.8. The Morgan fingerprint density at radius 3 is 2.19 bits per heavy atom. The maximum absolute atomic E-state index is 12.1. The molecule has 0 aromatic heterocycles. The van der Waals surface area contributed by atoms with Crippen molar-refractivity contribution < 1.29 is 9.59 Å². The number of fused-ring (bicyclic) bond motifs is 7. The molecule has 6 fully saturated rings. The van der Waals surface area contributed by atoms with Crippen LogP contribution in [0.2, 0.25) is 0 Å². The number of allylic oxidation sites excluding steroid dienone is 1. The molecule has 10 unspecified atom stereocenters. The number of carbonyl (C=O) groups is 2. The molecule has 6 aliphatic rings. The summed E-state index contributed by atoms with van der Waals surface area (Å²) in [5, 5.41) is 9.61. The van der Waals surface area contributed by atoms with E-state index in [4.69, 9.17) is 5.73 Å². The number of rotatable bonds is 7. The predicted molar refractivity (Wildman–Crippen MR) is 226 cm³/mol. The van der Waals surface area contributed by atoms with Crippen LogP contribution in [0, 0.1) is 51.2 Å². The van der Waals surface area contributed by atoms with Crippen LogP contribution in [0.25, 0.3) is 0 Å². The summed E-state index contributed by atoms with van der Waals surface area (Å²) < 4.78 is 0. The molecule has 53 heavy (non-hydrogen) atoms. The standard InChI is InChI=1S/C26H43NO.C10H13NO.C6H14N2.C3H6.C2H6/c1-23(2)20-10-13-24(3)18-9-15-26(16-28)12-5-6-19(26)17(18)7-8-21(24)25(20,4)14-11-22(23)27;1-11-6-5-9-3-2-4-10(7-9)8-12;1-7-5-6-3-2-4-8-6;1-3-2;1-2/h16-22H,5-15,27H2,1-4H3;2-4,7-8,11H,5-6H2,1H3;6-8H,2-5H2,1H3;3H,1H2,2H3;1-2H3. The Morgan fingerprint density at radius 2 is 1.57 bits per heavy atom. The molecule has 5 saturated carbocycles. The zero-order valence-corrected chi connectivity index (χ0v) is 35.7. The summed E-state index contributed by atoms with van der Waals surface area (Å²) in [5.41, 5.74) is 9.89. The fraction of sp³-hybridized carbons (Fsp3) is 0.787. The van der Waals surface area contributed by atoms with Crippen molar-refractivity contribution in [1.29, 1.82) is 0 Å². The van der Waals surface area contributed by atoms with Crippen LogP contribution in [-0.2, 0) is 11.2 Å². The maximum atomic E-state index is 12.1. The average molecular weight is 735 g/mol. The highest BCUT2D eigenvalue weighted by atomic mass is 16.1. The van der Waals surface area contributed by atoms with E-state index in [0.717, 1.165) is 61.1 Å². The van der Waals surface area contributed by atoms with Gasteiger partial charge in [-0.05, 0) is 175 Å². The number of hydrogen-bond donors (Lipinski definition) is 4. The predicted octanol–water partition coefficient (Wildman–Crippen LogP) is 9.42. The van der Waals surface area contributed by atoms with Gasteiger partial charge in [0.25, 0.3) is 0 Å². The van der Waals surface area contributed by atoms with E-state index < -0.39 is 0 Å². The number of carbonyl (C=O) groups excluding carboxylic acids is 2. The normalized spacial score (nSPS) is 37.3. The number of nitrogens with two attached hydrogens (primary N) is 1. The molecule has 1 aromatic rings. The molecular weight excluding hydrogens is 653 g/mol. The number of likely N-dealkylation sites (N-methyl/N-ethyl adjacent to an activating group) is 2. The van der Waals surface area contributed by atoms with E-state index in [-0.39, 0.29) is 10.8 Å². The quantitative estimate of drug-likeness (QED) is 0.165. The van der Waals surface area contributed by atoms with Crippen molar-refractivity contribution in [2.24, 2.45) is 57.0 Å². The van der Waals surface area contributed by atoms with Crippen LogP contribution in [0.1, 0.15) is 148 Å². The first-order chi connectivity index (χ1) is 25.4. The zero-order valence-electron chi connectivity index (χ0n) is 35.7. The summed E-state index contributed by atoms with van der Waals surface area (Å²) in [6.07, 6.45) is 22.1. The second kappa shape index (κ2) is 20.9. The number of nitrogens with one attached hydrogen (secondary N) is 3. The minimum Gasteiger partial charge on any atom is -0.327 e. The van der Waals surface area contributed by atoms with Crippen molar-refractivity contribution in [3.63, 3.8) is 0 Å². The van der Waals surface area contributed by atoms with E-state index >= 15 is 0 Å². The molecule has 1 saturated heterocycles. The fourth-order valence-electron chi connectivity index (χ4n) is 12.8. The maximum Gasteiger partial charge on any atom is 0.150 e. The van der Waals surface area contributed by atoms with Gasteiger partial charge in [0.05, 0.1) is 0 Å². The molecule has 0 amide bonds. The third-order valence-corrected chi connectivity index (χ3v) is 15.3. The Morgan fingerprint density at radius 1 is 0.849 bits per heavy atom. The molecule has 1 heterocycles. The van der Waals surface area contributed by atoms with Gasteiger partial charge < -0.3 is 26.5 Å². The van der Waals surface area contributed by atoms with Crippen LogP contribution in [0.15, 0.2) is 36.9 Å². The van der Waals surface area contributed by atoms with Gasteiger partial charge in [0.15, 0.2) is 0 Å². The first-order valence-electron chi connectivity index (χ1n) is 21.8. The van der Waals surface area contributed by atoms with Gasteiger partial charge in [-0.2, -0.15) is 0 Å². The van der Waals surface area contributed by atoms with Crippen LogP contribution in [0.4, 0.5) is 0 Å². The number of benzene rings is 1. The van der Waals surface area contributed by atoms with Gasteiger partial charge >= 0.3 is 0 Å². The largest absolute Gasteiger partial charge is 0.327 e. The highest BCUT2D eigenvalue weighted by Gasteiger charge is 2.65. The first kappa shape index (κ1) is 45.5. The van der Waals surface area contributed by atoms with Gasteiger partial charge in [-0.15, -0.1) is 6.58 Å². The monoisotopic (exact) mass is 735 g/mol. The van der Waals surface area contributed by atoms with Crippen molar-refractivity contribution in [1.82, 2.24) is 16.0 Å².